The fourth-order valence-electron chi connectivity index (χ4n) is 1.59. The van der Waals surface area contributed by atoms with E-state index >= 15 is 0 Å². The number of amides is 1. The zero-order valence-electron chi connectivity index (χ0n) is 12.1. The lowest BCUT2D eigenvalue weighted by Gasteiger charge is -2.07. The number of sulfonamides is 1. The Morgan fingerprint density at radius 1 is 1.38 bits per heavy atom. The SMILES string of the molecule is CNS(=O)(=O)CCNC(=O)c1ccc(C#CCN)c(C)c1. The summed E-state index contributed by atoms with van der Waals surface area (Å²) in [6.07, 6.45) is 0. The first kappa shape index (κ1) is 17.2. The Labute approximate surface area is 125 Å². The predicted octanol–water partition coefficient (Wildman–Crippen LogP) is -0.416. The highest BCUT2D eigenvalue weighted by Gasteiger charge is 2.10. The van der Waals surface area contributed by atoms with E-state index in [4.69, 9.17) is 5.73 Å². The van der Waals surface area contributed by atoms with Crippen LogP contribution in [0, 0.1) is 18.8 Å². The highest BCUT2D eigenvalue weighted by atomic mass is 32.2. The fourth-order valence-corrected chi connectivity index (χ4v) is 2.17. The average Bonchev–Trinajstić information content (AvgIpc) is 2.45. The number of hydrogen-bond donors (Lipinski definition) is 3. The Kier molecular flexibility index (Phi) is 6.37. The molecule has 1 amide bonds. The summed E-state index contributed by atoms with van der Waals surface area (Å²) in [6.45, 7) is 2.18. The molecule has 0 bridgehead atoms. The Morgan fingerprint density at radius 3 is 2.67 bits per heavy atom. The van der Waals surface area contributed by atoms with Crippen molar-refractivity contribution in [3.05, 3.63) is 34.9 Å². The summed E-state index contributed by atoms with van der Waals surface area (Å²) in [5, 5.41) is 2.57. The topological polar surface area (TPSA) is 101 Å². The number of benzene rings is 1. The van der Waals surface area contributed by atoms with E-state index < -0.39 is 10.0 Å². The van der Waals surface area contributed by atoms with E-state index in [-0.39, 0.29) is 24.7 Å². The number of aryl methyl sites for hydroxylation is 1. The van der Waals surface area contributed by atoms with Crippen LogP contribution in [0.5, 0.6) is 0 Å². The molecule has 21 heavy (non-hydrogen) atoms. The minimum atomic E-state index is -3.32. The molecule has 0 atom stereocenters. The Morgan fingerprint density at radius 2 is 2.10 bits per heavy atom. The minimum Gasteiger partial charge on any atom is -0.351 e. The Bertz CT molecular complexity index is 672. The lowest BCUT2D eigenvalue weighted by molar-refractivity contribution is 0.0956. The van der Waals surface area contributed by atoms with Crippen molar-refractivity contribution in [2.45, 2.75) is 6.92 Å². The number of nitrogens with two attached hydrogens (primary N) is 1. The van der Waals surface area contributed by atoms with Crippen molar-refractivity contribution in [3.63, 3.8) is 0 Å². The molecule has 0 unspecified atom stereocenters. The Balaban J connectivity index is 2.69. The molecule has 0 saturated carbocycles. The molecule has 0 aromatic heterocycles. The second-order valence-electron chi connectivity index (χ2n) is 4.31. The monoisotopic (exact) mass is 309 g/mol. The summed E-state index contributed by atoms with van der Waals surface area (Å²) < 4.78 is 24.6. The van der Waals surface area contributed by atoms with Crippen LogP contribution in [0.1, 0.15) is 21.5 Å². The molecule has 1 rings (SSSR count). The molecule has 114 valence electrons. The number of nitrogens with one attached hydrogen (secondary N) is 2. The van der Waals surface area contributed by atoms with Crippen molar-refractivity contribution < 1.29 is 13.2 Å². The average molecular weight is 309 g/mol. The predicted molar refractivity (Wildman–Crippen MR) is 82.3 cm³/mol. The van der Waals surface area contributed by atoms with Gasteiger partial charge in [-0.2, -0.15) is 0 Å². The molecule has 6 nitrogen and oxygen atoms in total. The molecule has 0 aliphatic rings. The van der Waals surface area contributed by atoms with Crippen molar-refractivity contribution in [2.24, 2.45) is 5.73 Å². The smallest absolute Gasteiger partial charge is 0.251 e. The molecule has 0 heterocycles. The standard InChI is InChI=1S/C14H19N3O3S/c1-11-10-13(6-5-12(11)4-3-7-15)14(18)17-8-9-21(19,20)16-2/h5-6,10,16H,7-9,15H2,1-2H3,(H,17,18). The third kappa shape index (κ3) is 5.55. The lowest BCUT2D eigenvalue weighted by atomic mass is 10.0. The summed E-state index contributed by atoms with van der Waals surface area (Å²) >= 11 is 0. The highest BCUT2D eigenvalue weighted by molar-refractivity contribution is 7.89. The normalized spacial score (nSPS) is 10.6. The van der Waals surface area contributed by atoms with Gasteiger partial charge in [-0.05, 0) is 37.7 Å². The van der Waals surface area contributed by atoms with Crippen molar-refractivity contribution in [3.8, 4) is 11.8 Å². The van der Waals surface area contributed by atoms with E-state index in [1.807, 2.05) is 6.92 Å². The molecule has 1 aromatic carbocycles. The number of hydrogen-bond acceptors (Lipinski definition) is 4. The number of carbonyl (C=O) groups excluding carboxylic acids is 1. The molecule has 1 aromatic rings. The largest absolute Gasteiger partial charge is 0.351 e. The van der Waals surface area contributed by atoms with E-state index in [2.05, 4.69) is 21.9 Å². The number of carbonyl (C=O) groups is 1. The van der Waals surface area contributed by atoms with Crippen LogP contribution >= 0.6 is 0 Å². The van der Waals surface area contributed by atoms with Crippen LogP contribution in [-0.2, 0) is 10.0 Å². The summed E-state index contributed by atoms with van der Waals surface area (Å²) in [6, 6.07) is 5.11. The molecule has 0 aliphatic carbocycles. The van der Waals surface area contributed by atoms with Crippen LogP contribution in [0.25, 0.3) is 0 Å². The van der Waals surface area contributed by atoms with Crippen LogP contribution in [0.15, 0.2) is 18.2 Å². The minimum absolute atomic E-state index is 0.0514. The maximum absolute atomic E-state index is 11.9. The zero-order chi connectivity index (χ0) is 15.9. The van der Waals surface area contributed by atoms with Crippen molar-refractivity contribution in [2.75, 3.05) is 25.9 Å². The van der Waals surface area contributed by atoms with Gasteiger partial charge in [-0.3, -0.25) is 4.79 Å². The lowest BCUT2D eigenvalue weighted by Crippen LogP contribution is -2.32. The molecular weight excluding hydrogens is 290 g/mol. The molecule has 0 fully saturated rings. The summed E-state index contributed by atoms with van der Waals surface area (Å²) in [7, 11) is -1.98. The second kappa shape index (κ2) is 7.78. The van der Waals surface area contributed by atoms with Crippen molar-refractivity contribution in [1.29, 1.82) is 0 Å². The van der Waals surface area contributed by atoms with Gasteiger partial charge < -0.3 is 11.1 Å². The molecule has 0 spiro atoms. The van der Waals surface area contributed by atoms with Gasteiger partial charge in [-0.1, -0.05) is 11.8 Å². The molecule has 0 radical (unpaired) electrons. The molecule has 0 saturated heterocycles. The van der Waals surface area contributed by atoms with E-state index in [1.165, 1.54) is 7.05 Å². The zero-order valence-corrected chi connectivity index (χ0v) is 12.9. The third-order valence-electron chi connectivity index (χ3n) is 2.78. The van der Waals surface area contributed by atoms with Gasteiger partial charge in [0.15, 0.2) is 0 Å². The maximum atomic E-state index is 11.9. The van der Waals surface area contributed by atoms with Crippen LogP contribution in [0.2, 0.25) is 0 Å². The van der Waals surface area contributed by atoms with Crippen molar-refractivity contribution in [1.82, 2.24) is 10.0 Å². The third-order valence-corrected chi connectivity index (χ3v) is 4.14. The molecular formula is C14H19N3O3S. The van der Waals surface area contributed by atoms with Crippen LogP contribution in [0.4, 0.5) is 0 Å². The van der Waals surface area contributed by atoms with Crippen LogP contribution in [0.3, 0.4) is 0 Å². The van der Waals surface area contributed by atoms with Gasteiger partial charge in [0.2, 0.25) is 10.0 Å². The van der Waals surface area contributed by atoms with E-state index in [1.54, 1.807) is 18.2 Å². The number of rotatable bonds is 5. The van der Waals surface area contributed by atoms with Gasteiger partial charge >= 0.3 is 0 Å². The maximum Gasteiger partial charge on any atom is 0.251 e. The van der Waals surface area contributed by atoms with Crippen LogP contribution < -0.4 is 15.8 Å². The van der Waals surface area contributed by atoms with Gasteiger partial charge in [-0.25, -0.2) is 13.1 Å². The van der Waals surface area contributed by atoms with E-state index in [0.29, 0.717) is 5.56 Å². The first-order chi connectivity index (χ1) is 9.89. The van der Waals surface area contributed by atoms with Gasteiger partial charge in [0.25, 0.3) is 5.91 Å². The fraction of sp³-hybridized carbons (Fsp3) is 0.357. The van der Waals surface area contributed by atoms with Crippen molar-refractivity contribution >= 4 is 15.9 Å². The van der Waals surface area contributed by atoms with E-state index in [0.717, 1.165) is 11.1 Å². The van der Waals surface area contributed by atoms with Crippen LogP contribution in [-0.4, -0.2) is 40.2 Å². The molecule has 4 N–H and O–H groups in total. The molecule has 0 aliphatic heterocycles. The first-order valence-corrected chi connectivity index (χ1v) is 8.04. The molecule has 7 heteroatoms. The highest BCUT2D eigenvalue weighted by Crippen LogP contribution is 2.10. The van der Waals surface area contributed by atoms with Gasteiger partial charge in [0.05, 0.1) is 12.3 Å². The summed E-state index contributed by atoms with van der Waals surface area (Å²) in [5.74, 6) is 5.19. The summed E-state index contributed by atoms with van der Waals surface area (Å²) in [5.41, 5.74) is 7.46. The second-order valence-corrected chi connectivity index (χ2v) is 6.36. The van der Waals surface area contributed by atoms with Gasteiger partial charge in [-0.15, -0.1) is 0 Å². The Hall–Kier alpha value is -1.88. The van der Waals surface area contributed by atoms with Gasteiger partial charge in [0, 0.05) is 17.7 Å². The van der Waals surface area contributed by atoms with E-state index in [9.17, 15) is 13.2 Å². The summed E-state index contributed by atoms with van der Waals surface area (Å²) in [4.78, 5) is 11.9. The first-order valence-electron chi connectivity index (χ1n) is 6.38. The van der Waals surface area contributed by atoms with Gasteiger partial charge in [0.1, 0.15) is 0 Å². The quantitative estimate of drug-likeness (QED) is 0.643.